The number of pyridine rings is 2. The van der Waals surface area contributed by atoms with Crippen LogP contribution < -0.4 is 0 Å². The molecule has 0 saturated carbocycles. The number of fused-ring (bicyclic) bond motifs is 7. The van der Waals surface area contributed by atoms with Crippen LogP contribution in [-0.2, 0) is 0 Å². The van der Waals surface area contributed by atoms with Crippen molar-refractivity contribution in [3.8, 4) is 40.1 Å². The van der Waals surface area contributed by atoms with Crippen molar-refractivity contribution in [1.82, 2.24) is 14.5 Å². The average Bonchev–Trinajstić information content (AvgIpc) is 3.42. The molecule has 0 atom stereocenters. The maximum atomic E-state index is 9.60. The SMILES string of the molecule is N#Cc1cc(-c2cc3c(c4ccccc24)c2c4ccccc4c(-c4ccnc(C#N)c4)cc2n3-c2ccccc2)ccn1. The minimum Gasteiger partial charge on any atom is -0.309 e. The molecule has 0 aliphatic rings. The average molecular weight is 548 g/mol. The van der Waals surface area contributed by atoms with Gasteiger partial charge in [-0.05, 0) is 92.3 Å². The van der Waals surface area contributed by atoms with E-state index in [9.17, 15) is 10.5 Å². The summed E-state index contributed by atoms with van der Waals surface area (Å²) >= 11 is 0. The fraction of sp³-hybridized carbons (Fsp3) is 0. The molecule has 3 heterocycles. The molecule has 8 aromatic rings. The van der Waals surface area contributed by atoms with Crippen molar-refractivity contribution in [2.45, 2.75) is 0 Å². The molecule has 8 rings (SSSR count). The van der Waals surface area contributed by atoms with Gasteiger partial charge < -0.3 is 4.57 Å². The van der Waals surface area contributed by atoms with Crippen LogP contribution in [0.2, 0.25) is 0 Å². The highest BCUT2D eigenvalue weighted by Gasteiger charge is 2.21. The van der Waals surface area contributed by atoms with Crippen molar-refractivity contribution >= 4 is 43.4 Å². The van der Waals surface area contributed by atoms with Crippen molar-refractivity contribution in [2.24, 2.45) is 0 Å². The molecule has 3 aromatic heterocycles. The van der Waals surface area contributed by atoms with E-state index in [1.807, 2.05) is 30.3 Å². The lowest BCUT2D eigenvalue weighted by Gasteiger charge is -2.12. The maximum Gasteiger partial charge on any atom is 0.141 e. The molecule has 5 heteroatoms. The van der Waals surface area contributed by atoms with E-state index in [0.29, 0.717) is 11.4 Å². The topological polar surface area (TPSA) is 78.3 Å². The van der Waals surface area contributed by atoms with Crippen LogP contribution in [0.25, 0.3) is 71.3 Å². The molecule has 0 fully saturated rings. The molecule has 198 valence electrons. The van der Waals surface area contributed by atoms with E-state index in [1.54, 1.807) is 12.4 Å². The van der Waals surface area contributed by atoms with Crippen LogP contribution in [0.15, 0.2) is 128 Å². The van der Waals surface area contributed by atoms with E-state index < -0.39 is 0 Å². The number of hydrogen-bond donors (Lipinski definition) is 0. The Morgan fingerprint density at radius 1 is 0.488 bits per heavy atom. The third kappa shape index (κ3) is 3.77. The first-order valence-electron chi connectivity index (χ1n) is 14.0. The second-order valence-corrected chi connectivity index (χ2v) is 10.5. The molecule has 0 bridgehead atoms. The smallest absolute Gasteiger partial charge is 0.141 e. The van der Waals surface area contributed by atoms with E-state index in [-0.39, 0.29) is 0 Å². The van der Waals surface area contributed by atoms with E-state index in [4.69, 9.17) is 0 Å². The standard InChI is InChI=1S/C38H21N5/c39-22-26-18-24(14-16-41-26)33-20-35-37(31-12-6-4-10-29(31)33)38-32-13-7-5-11-30(32)34(25-15-17-42-27(19-25)23-40)21-36(38)43(35)28-8-2-1-3-9-28/h1-21H. The zero-order valence-corrected chi connectivity index (χ0v) is 22.9. The predicted octanol–water partition coefficient (Wildman–Crippen LogP) is 8.96. The summed E-state index contributed by atoms with van der Waals surface area (Å²) in [6.07, 6.45) is 3.40. The Labute approximate surface area is 247 Å². The van der Waals surface area contributed by atoms with Gasteiger partial charge in [-0.1, -0.05) is 66.7 Å². The molecule has 0 N–H and O–H groups in total. The highest BCUT2D eigenvalue weighted by Crippen LogP contribution is 2.45. The predicted molar refractivity (Wildman–Crippen MR) is 172 cm³/mol. The Balaban J connectivity index is 1.61. The zero-order chi connectivity index (χ0) is 28.9. The zero-order valence-electron chi connectivity index (χ0n) is 22.9. The van der Waals surface area contributed by atoms with Gasteiger partial charge in [-0.3, -0.25) is 0 Å². The largest absolute Gasteiger partial charge is 0.309 e. The van der Waals surface area contributed by atoms with Crippen LogP contribution in [0.4, 0.5) is 0 Å². The minimum atomic E-state index is 0.384. The lowest BCUT2D eigenvalue weighted by molar-refractivity contribution is 1.18. The van der Waals surface area contributed by atoms with Crippen LogP contribution in [-0.4, -0.2) is 14.5 Å². The summed E-state index contributed by atoms with van der Waals surface area (Å²) in [6.45, 7) is 0. The monoisotopic (exact) mass is 547 g/mol. The van der Waals surface area contributed by atoms with Crippen LogP contribution >= 0.6 is 0 Å². The molecule has 0 spiro atoms. The molecule has 0 amide bonds. The first-order valence-corrected chi connectivity index (χ1v) is 14.0. The Bertz CT molecular complexity index is 2320. The van der Waals surface area contributed by atoms with Gasteiger partial charge in [0.05, 0.1) is 11.0 Å². The van der Waals surface area contributed by atoms with E-state index >= 15 is 0 Å². The maximum absolute atomic E-state index is 9.60. The van der Waals surface area contributed by atoms with Gasteiger partial charge >= 0.3 is 0 Å². The van der Waals surface area contributed by atoms with E-state index in [2.05, 4.69) is 112 Å². The summed E-state index contributed by atoms with van der Waals surface area (Å²) < 4.78 is 2.33. The van der Waals surface area contributed by atoms with E-state index in [0.717, 1.165) is 60.5 Å². The molecule has 0 aliphatic heterocycles. The molecular weight excluding hydrogens is 526 g/mol. The Hall–Kier alpha value is -6.30. The van der Waals surface area contributed by atoms with Gasteiger partial charge in [-0.25, -0.2) is 9.97 Å². The van der Waals surface area contributed by atoms with Crippen molar-refractivity contribution in [3.63, 3.8) is 0 Å². The number of nitriles is 2. The minimum absolute atomic E-state index is 0.384. The van der Waals surface area contributed by atoms with Crippen LogP contribution in [0.3, 0.4) is 0 Å². The lowest BCUT2D eigenvalue weighted by atomic mass is 9.92. The summed E-state index contributed by atoms with van der Waals surface area (Å²) in [7, 11) is 0. The Morgan fingerprint density at radius 3 is 1.40 bits per heavy atom. The lowest BCUT2D eigenvalue weighted by Crippen LogP contribution is -1.95. The Kier molecular flexibility index (Phi) is 5.50. The molecule has 0 aliphatic carbocycles. The first kappa shape index (κ1) is 24.5. The quantitative estimate of drug-likeness (QED) is 0.221. The number of nitrogens with zero attached hydrogens (tertiary/aromatic N) is 5. The number of hydrogen-bond acceptors (Lipinski definition) is 4. The summed E-state index contributed by atoms with van der Waals surface area (Å²) in [4.78, 5) is 8.44. The van der Waals surface area contributed by atoms with Crippen LogP contribution in [0.5, 0.6) is 0 Å². The Morgan fingerprint density at radius 2 is 0.930 bits per heavy atom. The molecule has 0 saturated heterocycles. The normalized spacial score (nSPS) is 11.2. The summed E-state index contributed by atoms with van der Waals surface area (Å²) in [5.41, 5.74) is 7.93. The number of para-hydroxylation sites is 1. The number of rotatable bonds is 3. The van der Waals surface area contributed by atoms with Crippen molar-refractivity contribution in [3.05, 3.63) is 139 Å². The van der Waals surface area contributed by atoms with Crippen LogP contribution in [0.1, 0.15) is 11.4 Å². The summed E-state index contributed by atoms with van der Waals surface area (Å²) in [5, 5.41) is 26.0. The molecule has 0 radical (unpaired) electrons. The highest BCUT2D eigenvalue weighted by atomic mass is 15.0. The summed E-state index contributed by atoms with van der Waals surface area (Å²) in [6, 6.07) is 43.9. The van der Waals surface area contributed by atoms with Gasteiger partial charge in [-0.15, -0.1) is 0 Å². The van der Waals surface area contributed by atoms with Crippen molar-refractivity contribution in [1.29, 1.82) is 10.5 Å². The van der Waals surface area contributed by atoms with Gasteiger partial charge in [0.15, 0.2) is 0 Å². The van der Waals surface area contributed by atoms with Gasteiger partial charge in [0, 0.05) is 28.9 Å². The van der Waals surface area contributed by atoms with Crippen LogP contribution in [0, 0.1) is 22.7 Å². The van der Waals surface area contributed by atoms with E-state index in [1.165, 1.54) is 10.8 Å². The van der Waals surface area contributed by atoms with Gasteiger partial charge in [0.2, 0.25) is 0 Å². The summed E-state index contributed by atoms with van der Waals surface area (Å²) in [5.74, 6) is 0. The molecular formula is C38H21N5. The molecule has 0 unspecified atom stereocenters. The number of aromatic nitrogens is 3. The van der Waals surface area contributed by atoms with Gasteiger partial charge in [-0.2, -0.15) is 10.5 Å². The third-order valence-electron chi connectivity index (χ3n) is 8.16. The first-order chi connectivity index (χ1) is 21.2. The number of benzene rings is 5. The second kappa shape index (κ2) is 9.66. The van der Waals surface area contributed by atoms with Crippen molar-refractivity contribution in [2.75, 3.05) is 0 Å². The van der Waals surface area contributed by atoms with Crippen molar-refractivity contribution < 1.29 is 0 Å². The third-order valence-corrected chi connectivity index (χ3v) is 8.16. The van der Waals surface area contributed by atoms with Gasteiger partial charge in [0.1, 0.15) is 23.5 Å². The molecule has 43 heavy (non-hydrogen) atoms. The second-order valence-electron chi connectivity index (χ2n) is 10.5. The molecule has 5 nitrogen and oxygen atoms in total. The fourth-order valence-corrected chi connectivity index (χ4v) is 6.38. The van der Waals surface area contributed by atoms with Gasteiger partial charge in [0.25, 0.3) is 0 Å². The highest BCUT2D eigenvalue weighted by molar-refractivity contribution is 6.31. The molecule has 5 aromatic carbocycles. The fourth-order valence-electron chi connectivity index (χ4n) is 6.38.